The minimum Gasteiger partial charge on any atom is -0.370 e. The maximum absolute atomic E-state index is 5.75. The number of aromatic nitrogens is 2. The van der Waals surface area contributed by atoms with Crippen LogP contribution in [0.2, 0.25) is 0 Å². The summed E-state index contributed by atoms with van der Waals surface area (Å²) in [7, 11) is 0. The van der Waals surface area contributed by atoms with Gasteiger partial charge in [0.1, 0.15) is 0 Å². The molecule has 92 valence electrons. The fourth-order valence-corrected chi connectivity index (χ4v) is 2.53. The van der Waals surface area contributed by atoms with Gasteiger partial charge >= 0.3 is 0 Å². The maximum atomic E-state index is 5.75. The highest BCUT2D eigenvalue weighted by Crippen LogP contribution is 2.23. The topological polar surface area (TPSA) is 64.3 Å². The van der Waals surface area contributed by atoms with E-state index in [1.165, 1.54) is 12.8 Å². The molecule has 17 heavy (non-hydrogen) atoms. The number of hydrogen-bond donors (Lipinski definition) is 1. The number of anilines is 1. The molecule has 0 aliphatic carbocycles. The Morgan fingerprint density at radius 3 is 3.29 bits per heavy atom. The zero-order chi connectivity index (χ0) is 11.7. The highest BCUT2D eigenvalue weighted by Gasteiger charge is 2.22. The van der Waals surface area contributed by atoms with Crippen molar-refractivity contribution in [2.45, 2.75) is 26.1 Å². The zero-order valence-electron chi connectivity index (χ0n) is 9.93. The number of hydrogen-bond acceptors (Lipinski definition) is 5. The lowest BCUT2D eigenvalue weighted by atomic mass is 9.99. The van der Waals surface area contributed by atoms with Gasteiger partial charge < -0.3 is 15.4 Å². The van der Waals surface area contributed by atoms with E-state index in [0.29, 0.717) is 19.1 Å². The van der Waals surface area contributed by atoms with Gasteiger partial charge in [0.15, 0.2) is 0 Å². The van der Waals surface area contributed by atoms with Crippen molar-refractivity contribution in [2.24, 2.45) is 11.7 Å². The van der Waals surface area contributed by atoms with Crippen molar-refractivity contribution in [1.82, 2.24) is 9.97 Å². The Balaban J connectivity index is 1.79. The summed E-state index contributed by atoms with van der Waals surface area (Å²) in [5.41, 5.74) is 7.92. The summed E-state index contributed by atoms with van der Waals surface area (Å²) in [5.74, 6) is 1.42. The average Bonchev–Trinajstić information content (AvgIpc) is 2.86. The van der Waals surface area contributed by atoms with Crippen molar-refractivity contribution in [2.75, 3.05) is 24.5 Å². The minimum absolute atomic E-state index is 0.580. The van der Waals surface area contributed by atoms with Crippen LogP contribution in [0.1, 0.15) is 24.1 Å². The van der Waals surface area contributed by atoms with E-state index in [2.05, 4.69) is 14.9 Å². The quantitative estimate of drug-likeness (QED) is 0.815. The number of ether oxygens (including phenoxy) is 1. The molecule has 1 aromatic heterocycles. The predicted molar refractivity (Wildman–Crippen MR) is 64.5 cm³/mol. The van der Waals surface area contributed by atoms with Crippen molar-refractivity contribution in [1.29, 1.82) is 0 Å². The molecule has 1 aromatic rings. The first-order valence-corrected chi connectivity index (χ1v) is 6.24. The van der Waals surface area contributed by atoms with E-state index in [1.807, 2.05) is 6.20 Å². The summed E-state index contributed by atoms with van der Waals surface area (Å²) in [6.07, 6.45) is 4.30. The van der Waals surface area contributed by atoms with Crippen LogP contribution in [0.25, 0.3) is 0 Å². The normalized spacial score (nSPS) is 23.8. The van der Waals surface area contributed by atoms with E-state index >= 15 is 0 Å². The lowest BCUT2D eigenvalue weighted by Crippen LogP contribution is -2.39. The average molecular weight is 234 g/mol. The third-order valence-electron chi connectivity index (χ3n) is 3.57. The Hall–Kier alpha value is -1.20. The Morgan fingerprint density at radius 2 is 2.41 bits per heavy atom. The molecule has 2 aliphatic rings. The largest absolute Gasteiger partial charge is 0.370 e. The van der Waals surface area contributed by atoms with Crippen LogP contribution in [0.3, 0.4) is 0 Å². The SMILES string of the molecule is NCC1CCCN(c2ncc3c(n2)COC3)C1. The molecule has 0 spiro atoms. The first kappa shape index (κ1) is 10.9. The van der Waals surface area contributed by atoms with Crippen LogP contribution in [0, 0.1) is 5.92 Å². The number of piperidine rings is 1. The van der Waals surface area contributed by atoms with Crippen molar-refractivity contribution in [3.8, 4) is 0 Å². The number of nitrogens with zero attached hydrogens (tertiary/aromatic N) is 3. The molecule has 2 aliphatic heterocycles. The number of rotatable bonds is 2. The Labute approximate surface area is 101 Å². The molecular weight excluding hydrogens is 216 g/mol. The molecular formula is C12H18N4O. The Kier molecular flexibility index (Phi) is 2.94. The molecule has 5 nitrogen and oxygen atoms in total. The molecule has 0 radical (unpaired) electrons. The number of fused-ring (bicyclic) bond motifs is 1. The minimum atomic E-state index is 0.580. The molecule has 1 atom stereocenters. The molecule has 1 fully saturated rings. The second-order valence-corrected chi connectivity index (χ2v) is 4.82. The van der Waals surface area contributed by atoms with Crippen LogP contribution in [-0.4, -0.2) is 29.6 Å². The molecule has 1 unspecified atom stereocenters. The van der Waals surface area contributed by atoms with Gasteiger partial charge in [-0.3, -0.25) is 0 Å². The van der Waals surface area contributed by atoms with Crippen molar-refractivity contribution < 1.29 is 4.74 Å². The van der Waals surface area contributed by atoms with Gasteiger partial charge in [-0.1, -0.05) is 0 Å². The van der Waals surface area contributed by atoms with Crippen LogP contribution >= 0.6 is 0 Å². The van der Waals surface area contributed by atoms with Crippen LogP contribution in [0.4, 0.5) is 5.95 Å². The van der Waals surface area contributed by atoms with E-state index in [-0.39, 0.29) is 0 Å². The van der Waals surface area contributed by atoms with Crippen molar-refractivity contribution in [3.63, 3.8) is 0 Å². The van der Waals surface area contributed by atoms with E-state index in [4.69, 9.17) is 10.5 Å². The smallest absolute Gasteiger partial charge is 0.225 e. The molecule has 0 bridgehead atoms. The van der Waals surface area contributed by atoms with Gasteiger partial charge in [-0.15, -0.1) is 0 Å². The molecule has 5 heteroatoms. The summed E-state index contributed by atoms with van der Waals surface area (Å²) in [6.45, 7) is 4.05. The van der Waals surface area contributed by atoms with E-state index in [0.717, 1.165) is 36.8 Å². The molecule has 1 saturated heterocycles. The van der Waals surface area contributed by atoms with Crippen LogP contribution < -0.4 is 10.6 Å². The second-order valence-electron chi connectivity index (χ2n) is 4.82. The molecule has 3 rings (SSSR count). The lowest BCUT2D eigenvalue weighted by molar-refractivity contribution is 0.133. The number of nitrogens with two attached hydrogens (primary N) is 1. The first-order chi connectivity index (χ1) is 8.36. The van der Waals surface area contributed by atoms with E-state index < -0.39 is 0 Å². The third kappa shape index (κ3) is 2.12. The summed E-state index contributed by atoms with van der Waals surface area (Å²) in [5, 5.41) is 0. The summed E-state index contributed by atoms with van der Waals surface area (Å²) >= 11 is 0. The van der Waals surface area contributed by atoms with Gasteiger partial charge in [-0.2, -0.15) is 0 Å². The summed E-state index contributed by atoms with van der Waals surface area (Å²) < 4.78 is 5.36. The fourth-order valence-electron chi connectivity index (χ4n) is 2.53. The third-order valence-corrected chi connectivity index (χ3v) is 3.57. The van der Waals surface area contributed by atoms with Crippen LogP contribution in [0.15, 0.2) is 6.20 Å². The van der Waals surface area contributed by atoms with Gasteiger partial charge in [-0.25, -0.2) is 9.97 Å². The van der Waals surface area contributed by atoms with Gasteiger partial charge in [0.25, 0.3) is 0 Å². The van der Waals surface area contributed by atoms with Gasteiger partial charge in [0.05, 0.1) is 18.9 Å². The first-order valence-electron chi connectivity index (χ1n) is 6.24. The summed E-state index contributed by atoms with van der Waals surface area (Å²) in [6, 6.07) is 0. The van der Waals surface area contributed by atoms with Crippen LogP contribution in [-0.2, 0) is 18.0 Å². The fraction of sp³-hybridized carbons (Fsp3) is 0.667. The van der Waals surface area contributed by atoms with Crippen molar-refractivity contribution in [3.05, 3.63) is 17.5 Å². The second kappa shape index (κ2) is 4.58. The standard InChI is InChI=1S/C12H18N4O/c13-4-9-2-1-3-16(6-9)12-14-5-10-7-17-8-11(10)15-12/h5,9H,1-4,6-8,13H2. The lowest BCUT2D eigenvalue weighted by Gasteiger charge is -2.32. The van der Waals surface area contributed by atoms with E-state index in [9.17, 15) is 0 Å². The monoisotopic (exact) mass is 234 g/mol. The molecule has 0 amide bonds. The van der Waals surface area contributed by atoms with Crippen molar-refractivity contribution >= 4 is 5.95 Å². The van der Waals surface area contributed by atoms with Gasteiger partial charge in [0.2, 0.25) is 5.95 Å². The molecule has 2 N–H and O–H groups in total. The molecule has 3 heterocycles. The molecule has 0 aromatic carbocycles. The molecule has 0 saturated carbocycles. The van der Waals surface area contributed by atoms with Crippen LogP contribution in [0.5, 0.6) is 0 Å². The van der Waals surface area contributed by atoms with Gasteiger partial charge in [0, 0.05) is 24.8 Å². The van der Waals surface area contributed by atoms with E-state index in [1.54, 1.807) is 0 Å². The van der Waals surface area contributed by atoms with Gasteiger partial charge in [-0.05, 0) is 25.3 Å². The highest BCUT2D eigenvalue weighted by molar-refractivity contribution is 5.34. The Bertz CT molecular complexity index is 409. The maximum Gasteiger partial charge on any atom is 0.225 e. The summed E-state index contributed by atoms with van der Waals surface area (Å²) in [4.78, 5) is 11.3. The predicted octanol–water partition coefficient (Wildman–Crippen LogP) is 0.682. The Morgan fingerprint density at radius 1 is 1.47 bits per heavy atom. The zero-order valence-corrected chi connectivity index (χ0v) is 9.93. The highest BCUT2D eigenvalue weighted by atomic mass is 16.5.